The Kier molecular flexibility index (Phi) is 7.33. The molecule has 0 aromatic heterocycles. The second-order valence-electron chi connectivity index (χ2n) is 7.59. The fourth-order valence-corrected chi connectivity index (χ4v) is 3.28. The Balaban J connectivity index is 3.82. The molecule has 0 aliphatic rings. The first-order chi connectivity index (χ1) is 7.60. The van der Waals surface area contributed by atoms with Crippen LogP contribution in [-0.4, -0.2) is 16.1 Å². The van der Waals surface area contributed by atoms with E-state index in [1.54, 1.807) is 5.57 Å². The standard InChI is InChI=1S/C15H32Si2/c1-15(12-14-17(5,6)7)11-9-8-10-13-16(2,3)4/h8,10,12H,9,11,13-14H2,1-7H3/b10-8+,15-12-. The van der Waals surface area contributed by atoms with Crippen molar-refractivity contribution < 1.29 is 0 Å². The molecule has 0 aliphatic heterocycles. The van der Waals surface area contributed by atoms with Crippen LogP contribution in [0.3, 0.4) is 0 Å². The monoisotopic (exact) mass is 268 g/mol. The maximum atomic E-state index is 2.47. The summed E-state index contributed by atoms with van der Waals surface area (Å²) in [7, 11) is -1.76. The summed E-state index contributed by atoms with van der Waals surface area (Å²) >= 11 is 0. The Morgan fingerprint density at radius 3 is 1.82 bits per heavy atom. The van der Waals surface area contributed by atoms with E-state index in [0.29, 0.717) is 0 Å². The SMILES string of the molecule is C/C(=C/C[Si](C)(C)C)CC/C=C/C[Si](C)(C)C. The summed E-state index contributed by atoms with van der Waals surface area (Å²) in [5.41, 5.74) is 1.57. The summed E-state index contributed by atoms with van der Waals surface area (Å²) in [6.45, 7) is 16.9. The van der Waals surface area contributed by atoms with Gasteiger partial charge in [0.1, 0.15) is 0 Å². The van der Waals surface area contributed by atoms with E-state index in [-0.39, 0.29) is 0 Å². The van der Waals surface area contributed by atoms with Crippen molar-refractivity contribution in [3.8, 4) is 0 Å². The minimum absolute atomic E-state index is 0.870. The zero-order valence-corrected chi connectivity index (χ0v) is 15.1. The van der Waals surface area contributed by atoms with Crippen LogP contribution < -0.4 is 0 Å². The Bertz CT molecular complexity index is 262. The lowest BCUT2D eigenvalue weighted by molar-refractivity contribution is 0.970. The van der Waals surface area contributed by atoms with Gasteiger partial charge in [0, 0.05) is 16.1 Å². The van der Waals surface area contributed by atoms with Crippen molar-refractivity contribution in [1.29, 1.82) is 0 Å². The highest BCUT2D eigenvalue weighted by Gasteiger charge is 2.10. The van der Waals surface area contributed by atoms with E-state index in [4.69, 9.17) is 0 Å². The summed E-state index contributed by atoms with van der Waals surface area (Å²) < 4.78 is 0. The van der Waals surface area contributed by atoms with Gasteiger partial charge in [-0.05, 0) is 31.9 Å². The van der Waals surface area contributed by atoms with Gasteiger partial charge >= 0.3 is 0 Å². The third-order valence-electron chi connectivity index (χ3n) is 2.67. The lowest BCUT2D eigenvalue weighted by Crippen LogP contribution is -2.17. The molecule has 100 valence electrons. The molecule has 0 heterocycles. The fourth-order valence-electron chi connectivity index (χ4n) is 1.45. The highest BCUT2D eigenvalue weighted by atomic mass is 28.3. The zero-order valence-electron chi connectivity index (χ0n) is 13.1. The van der Waals surface area contributed by atoms with Gasteiger partial charge in [0.05, 0.1) is 0 Å². The highest BCUT2D eigenvalue weighted by molar-refractivity contribution is 6.76. The van der Waals surface area contributed by atoms with Gasteiger partial charge in [0.15, 0.2) is 0 Å². The Hall–Kier alpha value is -0.0862. The van der Waals surface area contributed by atoms with E-state index in [9.17, 15) is 0 Å². The van der Waals surface area contributed by atoms with Crippen LogP contribution in [0.15, 0.2) is 23.8 Å². The van der Waals surface area contributed by atoms with Gasteiger partial charge < -0.3 is 0 Å². The van der Waals surface area contributed by atoms with Crippen LogP contribution >= 0.6 is 0 Å². The summed E-state index contributed by atoms with van der Waals surface area (Å²) in [5.74, 6) is 0. The van der Waals surface area contributed by atoms with E-state index >= 15 is 0 Å². The Morgan fingerprint density at radius 2 is 1.35 bits per heavy atom. The minimum atomic E-state index is -0.888. The van der Waals surface area contributed by atoms with Crippen molar-refractivity contribution in [3.63, 3.8) is 0 Å². The average Bonchev–Trinajstić information content (AvgIpc) is 2.11. The Morgan fingerprint density at radius 1 is 0.824 bits per heavy atom. The van der Waals surface area contributed by atoms with E-state index in [2.05, 4.69) is 64.4 Å². The van der Waals surface area contributed by atoms with E-state index in [1.165, 1.54) is 24.9 Å². The average molecular weight is 269 g/mol. The van der Waals surface area contributed by atoms with Crippen LogP contribution in [0, 0.1) is 0 Å². The molecule has 0 radical (unpaired) electrons. The van der Waals surface area contributed by atoms with Crippen LogP contribution in [0.5, 0.6) is 0 Å². The van der Waals surface area contributed by atoms with Gasteiger partial charge in [-0.1, -0.05) is 63.1 Å². The van der Waals surface area contributed by atoms with Crippen LogP contribution in [0.2, 0.25) is 51.4 Å². The molecule has 17 heavy (non-hydrogen) atoms. The van der Waals surface area contributed by atoms with Crippen molar-refractivity contribution in [2.24, 2.45) is 0 Å². The van der Waals surface area contributed by atoms with Gasteiger partial charge in [-0.2, -0.15) is 0 Å². The predicted octanol–water partition coefficient (Wildman–Crippen LogP) is 5.95. The maximum Gasteiger partial charge on any atom is 0.0480 e. The second-order valence-corrected chi connectivity index (χ2v) is 18.6. The molecule has 0 saturated heterocycles. The number of rotatable bonds is 7. The topological polar surface area (TPSA) is 0 Å². The Labute approximate surface area is 111 Å². The molecule has 0 unspecified atom stereocenters. The zero-order chi connectivity index (χ0) is 13.5. The normalized spacial score (nSPS) is 14.6. The van der Waals surface area contributed by atoms with Crippen LogP contribution in [0.25, 0.3) is 0 Å². The first-order valence-electron chi connectivity index (χ1n) is 6.91. The first-order valence-corrected chi connectivity index (χ1v) is 14.3. The molecular formula is C15H32Si2. The number of hydrogen-bond donors (Lipinski definition) is 0. The summed E-state index contributed by atoms with van der Waals surface area (Å²) in [6, 6.07) is 2.65. The fraction of sp³-hybridized carbons (Fsp3) is 0.733. The second kappa shape index (κ2) is 7.37. The highest BCUT2D eigenvalue weighted by Crippen LogP contribution is 2.14. The third-order valence-corrected chi connectivity index (χ3v) is 5.55. The van der Waals surface area contributed by atoms with E-state index in [0.717, 1.165) is 0 Å². The van der Waals surface area contributed by atoms with Crippen LogP contribution in [-0.2, 0) is 0 Å². The van der Waals surface area contributed by atoms with E-state index < -0.39 is 16.1 Å². The van der Waals surface area contributed by atoms with Crippen LogP contribution in [0.1, 0.15) is 19.8 Å². The minimum Gasteiger partial charge on any atom is -0.0912 e. The molecule has 0 atom stereocenters. The van der Waals surface area contributed by atoms with Gasteiger partial charge in [0.2, 0.25) is 0 Å². The van der Waals surface area contributed by atoms with Crippen molar-refractivity contribution >= 4 is 16.1 Å². The van der Waals surface area contributed by atoms with Gasteiger partial charge in [-0.25, -0.2) is 0 Å². The lowest BCUT2D eigenvalue weighted by Gasteiger charge is -2.13. The molecule has 0 amide bonds. The molecular weight excluding hydrogens is 236 g/mol. The molecule has 0 N–H and O–H groups in total. The van der Waals surface area contributed by atoms with Crippen molar-refractivity contribution in [3.05, 3.63) is 23.8 Å². The molecule has 0 aliphatic carbocycles. The molecule has 0 aromatic carbocycles. The van der Waals surface area contributed by atoms with Crippen molar-refractivity contribution in [2.45, 2.75) is 71.1 Å². The quantitative estimate of drug-likeness (QED) is 0.395. The number of hydrogen-bond acceptors (Lipinski definition) is 0. The predicted molar refractivity (Wildman–Crippen MR) is 88.4 cm³/mol. The smallest absolute Gasteiger partial charge is 0.0480 e. The first kappa shape index (κ1) is 16.9. The molecule has 2 heteroatoms. The van der Waals surface area contributed by atoms with E-state index in [1.807, 2.05) is 0 Å². The molecule has 0 spiro atoms. The lowest BCUT2D eigenvalue weighted by atomic mass is 10.1. The van der Waals surface area contributed by atoms with Gasteiger partial charge in [-0.3, -0.25) is 0 Å². The summed E-state index contributed by atoms with van der Waals surface area (Å²) in [5, 5.41) is 0. The molecule has 0 saturated carbocycles. The van der Waals surface area contributed by atoms with Gasteiger partial charge in [0.25, 0.3) is 0 Å². The summed E-state index contributed by atoms with van der Waals surface area (Å²) in [6.07, 6.45) is 9.71. The maximum absolute atomic E-state index is 2.47. The number of allylic oxidation sites excluding steroid dienone is 4. The van der Waals surface area contributed by atoms with Crippen LogP contribution in [0.4, 0.5) is 0 Å². The largest absolute Gasteiger partial charge is 0.0912 e. The van der Waals surface area contributed by atoms with Gasteiger partial charge in [-0.15, -0.1) is 0 Å². The molecule has 0 bridgehead atoms. The summed E-state index contributed by atoms with van der Waals surface area (Å²) in [4.78, 5) is 0. The third kappa shape index (κ3) is 13.9. The van der Waals surface area contributed by atoms with Crippen molar-refractivity contribution in [2.75, 3.05) is 0 Å². The molecule has 0 aromatic rings. The molecule has 0 rings (SSSR count). The molecule has 0 fully saturated rings. The van der Waals surface area contributed by atoms with Crippen molar-refractivity contribution in [1.82, 2.24) is 0 Å². The molecule has 0 nitrogen and oxygen atoms in total.